The van der Waals surface area contributed by atoms with Gasteiger partial charge in [-0.25, -0.2) is 0 Å². The van der Waals surface area contributed by atoms with E-state index >= 15 is 0 Å². The zero-order valence-corrected chi connectivity index (χ0v) is 16.2. The Labute approximate surface area is 163 Å². The summed E-state index contributed by atoms with van der Waals surface area (Å²) in [5.41, 5.74) is 1.82. The van der Waals surface area contributed by atoms with Crippen molar-refractivity contribution in [3.63, 3.8) is 0 Å². The van der Waals surface area contributed by atoms with Gasteiger partial charge in [0.2, 0.25) is 5.91 Å². The average Bonchev–Trinajstić information content (AvgIpc) is 2.68. The number of amides is 2. The van der Waals surface area contributed by atoms with Gasteiger partial charge in [0, 0.05) is 34.7 Å². The zero-order chi connectivity index (χ0) is 20.7. The van der Waals surface area contributed by atoms with E-state index < -0.39 is 11.8 Å². The van der Waals surface area contributed by atoms with Crippen LogP contribution in [0.2, 0.25) is 0 Å². The van der Waals surface area contributed by atoms with E-state index in [0.717, 1.165) is 0 Å². The lowest BCUT2D eigenvalue weighted by atomic mass is 10.1. The van der Waals surface area contributed by atoms with Gasteiger partial charge < -0.3 is 20.1 Å². The summed E-state index contributed by atoms with van der Waals surface area (Å²) in [7, 11) is 3.02. The number of ketones is 1. The molecule has 0 aliphatic rings. The molecule has 2 N–H and O–H groups in total. The molecule has 7 nitrogen and oxygen atoms in total. The van der Waals surface area contributed by atoms with Gasteiger partial charge in [0.05, 0.1) is 14.2 Å². The highest BCUT2D eigenvalue weighted by Gasteiger charge is 2.10. The number of rotatable bonds is 7. The smallest absolute Gasteiger partial charge is 0.251 e. The summed E-state index contributed by atoms with van der Waals surface area (Å²) in [5, 5.41) is 5.34. The van der Waals surface area contributed by atoms with Crippen LogP contribution in [0, 0.1) is 0 Å². The topological polar surface area (TPSA) is 93.7 Å². The summed E-state index contributed by atoms with van der Waals surface area (Å²) in [5.74, 6) is 0.0979. The standard InChI is InChI=1S/C21H22N2O5/c1-13(21(26)23-16-7-5-15(6-8-16)14(2)24)11-20(25)22-17-9-10-18(27-3)19(12-17)28-4/h5-12H,1-4H3,(H,22,25)(H,23,26)/b13-11-. The zero-order valence-electron chi connectivity index (χ0n) is 16.2. The lowest BCUT2D eigenvalue weighted by Gasteiger charge is -2.10. The number of carbonyl (C=O) groups excluding carboxylic acids is 3. The molecule has 0 heterocycles. The maximum Gasteiger partial charge on any atom is 0.251 e. The molecule has 0 fully saturated rings. The summed E-state index contributed by atoms with van der Waals surface area (Å²) in [6, 6.07) is 11.5. The lowest BCUT2D eigenvalue weighted by Crippen LogP contribution is -2.16. The van der Waals surface area contributed by atoms with Crippen molar-refractivity contribution in [2.75, 3.05) is 24.9 Å². The second-order valence-electron chi connectivity index (χ2n) is 5.97. The highest BCUT2D eigenvalue weighted by Crippen LogP contribution is 2.29. The van der Waals surface area contributed by atoms with Gasteiger partial charge >= 0.3 is 0 Å². The van der Waals surface area contributed by atoms with Crippen molar-refractivity contribution in [3.05, 3.63) is 59.7 Å². The Balaban J connectivity index is 2.02. The van der Waals surface area contributed by atoms with Gasteiger partial charge in [-0.2, -0.15) is 0 Å². The van der Waals surface area contributed by atoms with Crippen molar-refractivity contribution < 1.29 is 23.9 Å². The minimum atomic E-state index is -0.452. The number of ether oxygens (including phenoxy) is 2. The predicted molar refractivity (Wildman–Crippen MR) is 107 cm³/mol. The number of nitrogens with one attached hydrogen (secondary N) is 2. The van der Waals surface area contributed by atoms with Crippen LogP contribution in [-0.2, 0) is 9.59 Å². The maximum absolute atomic E-state index is 12.2. The van der Waals surface area contributed by atoms with E-state index in [4.69, 9.17) is 9.47 Å². The van der Waals surface area contributed by atoms with Gasteiger partial charge in [0.15, 0.2) is 17.3 Å². The molecule has 0 saturated carbocycles. The molecule has 146 valence electrons. The van der Waals surface area contributed by atoms with E-state index in [1.165, 1.54) is 34.1 Å². The molecular weight excluding hydrogens is 360 g/mol. The summed E-state index contributed by atoms with van der Waals surface area (Å²) in [6.45, 7) is 3.00. The molecule has 2 aromatic rings. The number of hydrogen-bond acceptors (Lipinski definition) is 5. The number of carbonyl (C=O) groups is 3. The van der Waals surface area contributed by atoms with Crippen molar-refractivity contribution in [3.8, 4) is 11.5 Å². The van der Waals surface area contributed by atoms with Crippen LogP contribution in [0.1, 0.15) is 24.2 Å². The van der Waals surface area contributed by atoms with Crippen LogP contribution in [0.4, 0.5) is 11.4 Å². The van der Waals surface area contributed by atoms with Crippen molar-refractivity contribution in [2.45, 2.75) is 13.8 Å². The number of benzene rings is 2. The Morgan fingerprint density at radius 1 is 0.821 bits per heavy atom. The third kappa shape index (κ3) is 5.44. The third-order valence-electron chi connectivity index (χ3n) is 3.91. The first-order valence-corrected chi connectivity index (χ1v) is 8.47. The van der Waals surface area contributed by atoms with E-state index in [9.17, 15) is 14.4 Å². The minimum absolute atomic E-state index is 0.0548. The second-order valence-corrected chi connectivity index (χ2v) is 5.97. The highest BCUT2D eigenvalue weighted by molar-refractivity contribution is 6.10. The quantitative estimate of drug-likeness (QED) is 0.565. The van der Waals surface area contributed by atoms with Gasteiger partial charge in [0.25, 0.3) is 5.91 Å². The molecule has 0 saturated heterocycles. The fourth-order valence-corrected chi connectivity index (χ4v) is 2.37. The van der Waals surface area contributed by atoms with Gasteiger partial charge in [0.1, 0.15) is 0 Å². The third-order valence-corrected chi connectivity index (χ3v) is 3.91. The van der Waals surface area contributed by atoms with Crippen LogP contribution < -0.4 is 20.1 Å². The maximum atomic E-state index is 12.2. The summed E-state index contributed by atoms with van der Waals surface area (Å²) >= 11 is 0. The monoisotopic (exact) mass is 382 g/mol. The molecule has 0 atom stereocenters. The predicted octanol–water partition coefficient (Wildman–Crippen LogP) is 3.43. The van der Waals surface area contributed by atoms with E-state index in [-0.39, 0.29) is 11.4 Å². The van der Waals surface area contributed by atoms with Gasteiger partial charge in [-0.1, -0.05) is 0 Å². The Bertz CT molecular complexity index is 917. The molecule has 0 radical (unpaired) electrons. The Morgan fingerprint density at radius 3 is 2.00 bits per heavy atom. The van der Waals surface area contributed by atoms with Crippen molar-refractivity contribution in [2.24, 2.45) is 0 Å². The van der Waals surface area contributed by atoms with Crippen molar-refractivity contribution in [1.82, 2.24) is 0 Å². The number of anilines is 2. The van der Waals surface area contributed by atoms with Crippen LogP contribution in [0.25, 0.3) is 0 Å². The fraction of sp³-hybridized carbons (Fsp3) is 0.190. The van der Waals surface area contributed by atoms with Crippen LogP contribution in [0.15, 0.2) is 54.1 Å². The molecular formula is C21H22N2O5. The molecule has 7 heteroatoms. The first kappa shape index (κ1) is 20.7. The number of Topliss-reactive ketones (excluding diaryl/α,β-unsaturated/α-hetero) is 1. The Morgan fingerprint density at radius 2 is 1.43 bits per heavy atom. The van der Waals surface area contributed by atoms with E-state index in [1.54, 1.807) is 42.5 Å². The van der Waals surface area contributed by atoms with Crippen molar-refractivity contribution >= 4 is 29.0 Å². The first-order chi connectivity index (χ1) is 13.3. The molecule has 0 aliphatic heterocycles. The molecule has 2 aromatic carbocycles. The Kier molecular flexibility index (Phi) is 6.92. The SMILES string of the molecule is COc1ccc(NC(=O)/C=C(/C)C(=O)Nc2ccc(C(C)=O)cc2)cc1OC. The molecule has 2 amide bonds. The highest BCUT2D eigenvalue weighted by atomic mass is 16.5. The molecule has 0 spiro atoms. The normalized spacial score (nSPS) is 10.8. The molecule has 0 bridgehead atoms. The average molecular weight is 382 g/mol. The van der Waals surface area contributed by atoms with Gasteiger partial charge in [-0.05, 0) is 50.2 Å². The van der Waals surface area contributed by atoms with Crippen molar-refractivity contribution in [1.29, 1.82) is 0 Å². The van der Waals surface area contributed by atoms with E-state index in [2.05, 4.69) is 10.6 Å². The van der Waals surface area contributed by atoms with E-state index in [0.29, 0.717) is 28.4 Å². The number of hydrogen-bond donors (Lipinski definition) is 2. The summed E-state index contributed by atoms with van der Waals surface area (Å²) < 4.78 is 10.3. The molecule has 0 aromatic heterocycles. The molecule has 2 rings (SSSR count). The Hall–Kier alpha value is -3.61. The summed E-state index contributed by atoms with van der Waals surface area (Å²) in [6.07, 6.45) is 1.20. The van der Waals surface area contributed by atoms with E-state index in [1.807, 2.05) is 0 Å². The van der Waals surface area contributed by atoms with Gasteiger partial charge in [-0.15, -0.1) is 0 Å². The minimum Gasteiger partial charge on any atom is -0.493 e. The van der Waals surface area contributed by atoms with Gasteiger partial charge in [-0.3, -0.25) is 14.4 Å². The van der Waals surface area contributed by atoms with Crippen LogP contribution in [-0.4, -0.2) is 31.8 Å². The molecule has 0 unspecified atom stereocenters. The second kappa shape index (κ2) is 9.36. The molecule has 28 heavy (non-hydrogen) atoms. The number of methoxy groups -OCH3 is 2. The summed E-state index contributed by atoms with van der Waals surface area (Å²) in [4.78, 5) is 35.7. The van der Waals surface area contributed by atoms with Crippen LogP contribution in [0.3, 0.4) is 0 Å². The molecule has 0 aliphatic carbocycles. The lowest BCUT2D eigenvalue weighted by molar-refractivity contribution is -0.114. The fourth-order valence-electron chi connectivity index (χ4n) is 2.37. The van der Waals surface area contributed by atoms with Crippen LogP contribution in [0.5, 0.6) is 11.5 Å². The largest absolute Gasteiger partial charge is 0.493 e. The van der Waals surface area contributed by atoms with Crippen LogP contribution >= 0.6 is 0 Å². The first-order valence-electron chi connectivity index (χ1n) is 8.47.